The van der Waals surface area contributed by atoms with Crippen LogP contribution < -0.4 is 10.2 Å². The molecule has 8 heteroatoms. The molecule has 1 unspecified atom stereocenters. The fraction of sp³-hybridized carbons (Fsp3) is 0.353. The Labute approximate surface area is 147 Å². The number of carbonyl (C=O) groups excluding carboxylic acids is 1. The number of hydrogen-bond acceptors (Lipinski definition) is 6. The van der Waals surface area contributed by atoms with Crippen LogP contribution in [0.15, 0.2) is 36.7 Å². The van der Waals surface area contributed by atoms with Gasteiger partial charge in [0, 0.05) is 31.2 Å². The van der Waals surface area contributed by atoms with Crippen molar-refractivity contribution in [3.05, 3.63) is 47.8 Å². The molecule has 1 saturated heterocycles. The molecule has 1 aromatic heterocycles. The Bertz CT molecular complexity index is 864. The van der Waals surface area contributed by atoms with Gasteiger partial charge in [-0.15, -0.1) is 0 Å². The highest BCUT2D eigenvalue weighted by Gasteiger charge is 2.31. The van der Waals surface area contributed by atoms with Gasteiger partial charge in [0.25, 0.3) is 5.91 Å². The summed E-state index contributed by atoms with van der Waals surface area (Å²) >= 11 is 0. The van der Waals surface area contributed by atoms with E-state index in [-0.39, 0.29) is 23.5 Å². The first-order chi connectivity index (χ1) is 11.8. The maximum Gasteiger partial charge on any atom is 0.258 e. The van der Waals surface area contributed by atoms with Crippen molar-refractivity contribution in [3.8, 4) is 0 Å². The van der Waals surface area contributed by atoms with Crippen molar-refractivity contribution in [2.45, 2.75) is 19.4 Å². The van der Waals surface area contributed by atoms with Crippen LogP contribution in [0.25, 0.3) is 0 Å². The van der Waals surface area contributed by atoms with Crippen molar-refractivity contribution in [3.63, 3.8) is 0 Å². The van der Waals surface area contributed by atoms with Crippen LogP contribution in [0.4, 0.5) is 11.6 Å². The lowest BCUT2D eigenvalue weighted by atomic mass is 10.2. The van der Waals surface area contributed by atoms with Crippen molar-refractivity contribution in [2.75, 3.05) is 28.8 Å². The van der Waals surface area contributed by atoms with Gasteiger partial charge in [-0.1, -0.05) is 17.7 Å². The van der Waals surface area contributed by atoms with Crippen molar-refractivity contribution < 1.29 is 13.2 Å². The lowest BCUT2D eigenvalue weighted by molar-refractivity contribution is 0.102. The van der Waals surface area contributed by atoms with Crippen LogP contribution in [0.5, 0.6) is 0 Å². The Kier molecular flexibility index (Phi) is 4.71. The van der Waals surface area contributed by atoms with E-state index in [0.29, 0.717) is 23.6 Å². The van der Waals surface area contributed by atoms with E-state index in [2.05, 4.69) is 15.3 Å². The molecule has 1 N–H and O–H groups in total. The highest BCUT2D eigenvalue weighted by molar-refractivity contribution is 7.91. The van der Waals surface area contributed by atoms with Crippen molar-refractivity contribution >= 4 is 27.4 Å². The zero-order valence-corrected chi connectivity index (χ0v) is 15.0. The summed E-state index contributed by atoms with van der Waals surface area (Å²) in [5.74, 6) is 0.428. The SMILES string of the molecule is Cc1ccc(NC(=O)c2cnc(N(C)C3CCS(=O)(=O)C3)nc2)cc1. The number of benzene rings is 1. The second-order valence-corrected chi connectivity index (χ2v) is 8.49. The Morgan fingerprint density at radius 3 is 2.40 bits per heavy atom. The van der Waals surface area contributed by atoms with Crippen LogP contribution >= 0.6 is 0 Å². The molecule has 1 amide bonds. The highest BCUT2D eigenvalue weighted by atomic mass is 32.2. The van der Waals surface area contributed by atoms with Gasteiger partial charge in [0.05, 0.1) is 17.1 Å². The molecule has 25 heavy (non-hydrogen) atoms. The number of nitrogens with one attached hydrogen (secondary N) is 1. The summed E-state index contributed by atoms with van der Waals surface area (Å²) in [5, 5.41) is 2.79. The van der Waals surface area contributed by atoms with E-state index in [1.54, 1.807) is 11.9 Å². The molecule has 0 radical (unpaired) electrons. The minimum atomic E-state index is -2.97. The predicted octanol–water partition coefficient (Wildman–Crippen LogP) is 1.66. The molecule has 0 bridgehead atoms. The van der Waals surface area contributed by atoms with E-state index >= 15 is 0 Å². The summed E-state index contributed by atoms with van der Waals surface area (Å²) < 4.78 is 23.2. The standard InChI is InChI=1S/C17H20N4O3S/c1-12-3-5-14(6-4-12)20-16(22)13-9-18-17(19-10-13)21(2)15-7-8-25(23,24)11-15/h3-6,9-10,15H,7-8,11H2,1-2H3,(H,20,22). The Balaban J connectivity index is 1.67. The normalized spacial score (nSPS) is 18.7. The van der Waals surface area contributed by atoms with Gasteiger partial charge in [-0.25, -0.2) is 18.4 Å². The fourth-order valence-electron chi connectivity index (χ4n) is 2.70. The van der Waals surface area contributed by atoms with Gasteiger partial charge in [0.2, 0.25) is 5.95 Å². The lowest BCUT2D eigenvalue weighted by Gasteiger charge is -2.23. The predicted molar refractivity (Wildman–Crippen MR) is 96.6 cm³/mol. The molecule has 1 aliphatic heterocycles. The van der Waals surface area contributed by atoms with Gasteiger partial charge >= 0.3 is 0 Å². The van der Waals surface area contributed by atoms with Crippen molar-refractivity contribution in [1.82, 2.24) is 9.97 Å². The molecule has 0 saturated carbocycles. The number of aryl methyl sites for hydroxylation is 1. The van der Waals surface area contributed by atoms with E-state index in [0.717, 1.165) is 5.56 Å². The minimum Gasteiger partial charge on any atom is -0.340 e. The van der Waals surface area contributed by atoms with Crippen LogP contribution in [0.2, 0.25) is 0 Å². The first kappa shape index (κ1) is 17.3. The van der Waals surface area contributed by atoms with Gasteiger partial charge in [-0.3, -0.25) is 4.79 Å². The molecular formula is C17H20N4O3S. The minimum absolute atomic E-state index is 0.114. The van der Waals surface area contributed by atoms with E-state index in [4.69, 9.17) is 0 Å². The Morgan fingerprint density at radius 2 is 1.84 bits per heavy atom. The van der Waals surface area contributed by atoms with Crippen LogP contribution in [-0.2, 0) is 9.84 Å². The van der Waals surface area contributed by atoms with E-state index in [1.165, 1.54) is 12.4 Å². The van der Waals surface area contributed by atoms with Gasteiger partial charge in [-0.05, 0) is 25.5 Å². The van der Waals surface area contributed by atoms with Crippen LogP contribution in [-0.4, -0.2) is 48.9 Å². The van der Waals surface area contributed by atoms with Crippen molar-refractivity contribution in [2.24, 2.45) is 0 Å². The molecule has 0 aliphatic carbocycles. The molecule has 132 valence electrons. The van der Waals surface area contributed by atoms with E-state index in [1.807, 2.05) is 31.2 Å². The van der Waals surface area contributed by atoms with Crippen LogP contribution in [0.3, 0.4) is 0 Å². The Hall–Kier alpha value is -2.48. The third kappa shape index (κ3) is 4.14. The third-order valence-electron chi connectivity index (χ3n) is 4.28. The number of sulfone groups is 1. The van der Waals surface area contributed by atoms with Gasteiger partial charge in [0.15, 0.2) is 9.84 Å². The van der Waals surface area contributed by atoms with E-state index < -0.39 is 9.84 Å². The summed E-state index contributed by atoms with van der Waals surface area (Å²) in [5.41, 5.74) is 2.16. The Morgan fingerprint density at radius 1 is 1.20 bits per heavy atom. The summed E-state index contributed by atoms with van der Waals surface area (Å²) in [7, 11) is -1.20. The lowest BCUT2D eigenvalue weighted by Crippen LogP contribution is -2.34. The number of aromatic nitrogens is 2. The van der Waals surface area contributed by atoms with E-state index in [9.17, 15) is 13.2 Å². The molecule has 0 spiro atoms. The maximum absolute atomic E-state index is 12.2. The summed E-state index contributed by atoms with van der Waals surface area (Å²) in [6.45, 7) is 1.98. The molecule has 7 nitrogen and oxygen atoms in total. The molecule has 1 aliphatic rings. The summed E-state index contributed by atoms with van der Waals surface area (Å²) in [4.78, 5) is 22.4. The summed E-state index contributed by atoms with van der Waals surface area (Å²) in [6, 6.07) is 7.37. The second kappa shape index (κ2) is 6.79. The number of nitrogens with zero attached hydrogens (tertiary/aromatic N) is 3. The summed E-state index contributed by atoms with van der Waals surface area (Å²) in [6.07, 6.45) is 3.47. The molecular weight excluding hydrogens is 340 g/mol. The average molecular weight is 360 g/mol. The monoisotopic (exact) mass is 360 g/mol. The zero-order valence-electron chi connectivity index (χ0n) is 14.1. The smallest absolute Gasteiger partial charge is 0.258 e. The number of amides is 1. The molecule has 1 atom stereocenters. The van der Waals surface area contributed by atoms with Crippen molar-refractivity contribution in [1.29, 1.82) is 0 Å². The molecule has 2 aromatic rings. The first-order valence-electron chi connectivity index (χ1n) is 7.97. The van der Waals surface area contributed by atoms with Crippen LogP contribution in [0, 0.1) is 6.92 Å². The fourth-order valence-corrected chi connectivity index (χ4v) is 4.48. The second-order valence-electron chi connectivity index (χ2n) is 6.26. The largest absolute Gasteiger partial charge is 0.340 e. The van der Waals surface area contributed by atoms with Gasteiger partial charge in [0.1, 0.15) is 0 Å². The molecule has 1 aromatic carbocycles. The number of hydrogen-bond donors (Lipinski definition) is 1. The van der Waals surface area contributed by atoms with Gasteiger partial charge < -0.3 is 10.2 Å². The topological polar surface area (TPSA) is 92.3 Å². The first-order valence-corrected chi connectivity index (χ1v) is 9.79. The quantitative estimate of drug-likeness (QED) is 0.891. The molecule has 3 rings (SSSR count). The maximum atomic E-state index is 12.2. The average Bonchev–Trinajstić information content (AvgIpc) is 2.96. The number of rotatable bonds is 4. The number of anilines is 2. The molecule has 2 heterocycles. The highest BCUT2D eigenvalue weighted by Crippen LogP contribution is 2.20. The zero-order chi connectivity index (χ0) is 18.0. The van der Waals surface area contributed by atoms with Crippen LogP contribution in [0.1, 0.15) is 22.3 Å². The third-order valence-corrected chi connectivity index (χ3v) is 6.03. The number of carbonyl (C=O) groups is 1. The van der Waals surface area contributed by atoms with Gasteiger partial charge in [-0.2, -0.15) is 0 Å². The molecule has 1 fully saturated rings.